The molecule has 2 aliphatic rings. The molecule has 0 radical (unpaired) electrons. The third kappa shape index (κ3) is 2.85. The molecule has 28 heavy (non-hydrogen) atoms. The maximum Gasteiger partial charge on any atom is 0.356 e. The van der Waals surface area contributed by atoms with Crippen LogP contribution in [0.3, 0.4) is 0 Å². The molecule has 2 aromatic rings. The molecule has 3 N–H and O–H groups in total. The molecule has 2 heterocycles. The van der Waals surface area contributed by atoms with Gasteiger partial charge in [-0.25, -0.2) is 9.48 Å². The van der Waals surface area contributed by atoms with Gasteiger partial charge in [0.1, 0.15) is 0 Å². The van der Waals surface area contributed by atoms with Crippen LogP contribution in [0.25, 0.3) is 5.69 Å². The van der Waals surface area contributed by atoms with E-state index < -0.39 is 23.6 Å². The SMILES string of the molecule is CN1CCC(O)(C#Cc2cccc(-n3nc(C(=O)O)c4c3C(O)CC4)c2)C1=O. The second-order valence-corrected chi connectivity index (χ2v) is 7.12. The van der Waals surface area contributed by atoms with Gasteiger partial charge in [0, 0.05) is 31.1 Å². The summed E-state index contributed by atoms with van der Waals surface area (Å²) < 4.78 is 1.44. The van der Waals surface area contributed by atoms with E-state index in [-0.39, 0.29) is 12.1 Å². The zero-order valence-electron chi connectivity index (χ0n) is 15.2. The number of likely N-dealkylation sites (tertiary alicyclic amines) is 1. The van der Waals surface area contributed by atoms with Crippen molar-refractivity contribution in [3.63, 3.8) is 0 Å². The Bertz CT molecular complexity index is 1050. The lowest BCUT2D eigenvalue weighted by molar-refractivity contribution is -0.137. The van der Waals surface area contributed by atoms with E-state index in [0.29, 0.717) is 41.9 Å². The standard InChI is InChI=1S/C20H19N3O5/c1-22-10-9-20(28,19(22)27)8-7-12-3-2-4-13(11-12)23-17-14(5-6-15(17)24)16(21-23)18(25)26/h2-4,11,15,24,28H,5-6,9-10H2,1H3,(H,25,26). The fraction of sp³-hybridized carbons (Fsp3) is 0.350. The average molecular weight is 381 g/mol. The zero-order chi connectivity index (χ0) is 20.1. The van der Waals surface area contributed by atoms with E-state index >= 15 is 0 Å². The Morgan fingerprint density at radius 3 is 2.86 bits per heavy atom. The van der Waals surface area contributed by atoms with E-state index in [1.165, 1.54) is 9.58 Å². The molecular weight excluding hydrogens is 362 g/mol. The highest BCUT2D eigenvalue weighted by Crippen LogP contribution is 2.35. The van der Waals surface area contributed by atoms with Crippen LogP contribution in [0.15, 0.2) is 24.3 Å². The number of rotatable bonds is 2. The molecule has 1 fully saturated rings. The predicted molar refractivity (Wildman–Crippen MR) is 97.9 cm³/mol. The number of nitrogens with zero attached hydrogens (tertiary/aromatic N) is 3. The van der Waals surface area contributed by atoms with E-state index in [2.05, 4.69) is 16.9 Å². The molecule has 8 nitrogen and oxygen atoms in total. The van der Waals surface area contributed by atoms with Crippen LogP contribution in [0.4, 0.5) is 0 Å². The molecule has 2 unspecified atom stereocenters. The van der Waals surface area contributed by atoms with Crippen LogP contribution in [0.2, 0.25) is 0 Å². The fourth-order valence-corrected chi connectivity index (χ4v) is 3.70. The summed E-state index contributed by atoms with van der Waals surface area (Å²) in [4.78, 5) is 25.0. The predicted octanol–water partition coefficient (Wildman–Crippen LogP) is 0.495. The quantitative estimate of drug-likeness (QED) is 0.652. The molecule has 0 saturated carbocycles. The summed E-state index contributed by atoms with van der Waals surface area (Å²) in [7, 11) is 1.62. The maximum atomic E-state index is 12.0. The summed E-state index contributed by atoms with van der Waals surface area (Å²) in [5.41, 5.74) is 0.376. The molecular formula is C20H19N3O5. The van der Waals surface area contributed by atoms with Gasteiger partial charge in [0.2, 0.25) is 5.60 Å². The number of benzene rings is 1. The minimum atomic E-state index is -1.69. The Balaban J connectivity index is 1.72. The van der Waals surface area contributed by atoms with E-state index in [0.717, 1.165) is 0 Å². The highest BCUT2D eigenvalue weighted by atomic mass is 16.4. The van der Waals surface area contributed by atoms with Crippen molar-refractivity contribution in [2.45, 2.75) is 31.0 Å². The number of likely N-dealkylation sites (N-methyl/N-ethyl adjacent to an activating group) is 1. The number of carbonyl (C=O) groups is 2. The normalized spacial score (nSPS) is 23.5. The first kappa shape index (κ1) is 18.2. The lowest BCUT2D eigenvalue weighted by Crippen LogP contribution is -2.37. The number of carbonyl (C=O) groups excluding carboxylic acids is 1. The number of amides is 1. The Morgan fingerprint density at radius 2 is 2.18 bits per heavy atom. The maximum absolute atomic E-state index is 12.0. The number of aliphatic hydroxyl groups is 2. The molecule has 8 heteroatoms. The summed E-state index contributed by atoms with van der Waals surface area (Å²) in [6.07, 6.45) is 0.379. The number of carboxylic acid groups (broad SMARTS) is 1. The van der Waals surface area contributed by atoms with Gasteiger partial charge in [0.15, 0.2) is 5.69 Å². The smallest absolute Gasteiger partial charge is 0.356 e. The van der Waals surface area contributed by atoms with Crippen molar-refractivity contribution < 1.29 is 24.9 Å². The van der Waals surface area contributed by atoms with Gasteiger partial charge in [-0.1, -0.05) is 17.9 Å². The second kappa shape index (κ2) is 6.48. The van der Waals surface area contributed by atoms with Gasteiger partial charge in [-0.2, -0.15) is 5.10 Å². The van der Waals surface area contributed by atoms with E-state index in [1.54, 1.807) is 31.3 Å². The first-order chi connectivity index (χ1) is 13.3. The number of aliphatic hydroxyl groups excluding tert-OH is 1. The monoisotopic (exact) mass is 381 g/mol. The Kier molecular flexibility index (Phi) is 4.22. The number of hydrogen-bond donors (Lipinski definition) is 3. The molecule has 1 aromatic carbocycles. The van der Waals surface area contributed by atoms with Gasteiger partial charge in [0.25, 0.3) is 5.91 Å². The molecule has 1 aromatic heterocycles. The van der Waals surface area contributed by atoms with E-state index in [1.807, 2.05) is 0 Å². The van der Waals surface area contributed by atoms with Crippen LogP contribution < -0.4 is 0 Å². The Morgan fingerprint density at radius 1 is 1.39 bits per heavy atom. The fourth-order valence-electron chi connectivity index (χ4n) is 3.70. The van der Waals surface area contributed by atoms with Crippen molar-refractivity contribution in [2.75, 3.05) is 13.6 Å². The molecule has 4 rings (SSSR count). The van der Waals surface area contributed by atoms with Crippen LogP contribution >= 0.6 is 0 Å². The molecule has 0 spiro atoms. The Labute approximate surface area is 161 Å². The molecule has 1 saturated heterocycles. The topological polar surface area (TPSA) is 116 Å². The molecule has 2 atom stereocenters. The van der Waals surface area contributed by atoms with Crippen LogP contribution in [0.1, 0.15) is 46.3 Å². The van der Waals surface area contributed by atoms with E-state index in [4.69, 9.17) is 0 Å². The largest absolute Gasteiger partial charge is 0.476 e. The first-order valence-electron chi connectivity index (χ1n) is 8.95. The van der Waals surface area contributed by atoms with Crippen molar-refractivity contribution in [1.29, 1.82) is 0 Å². The van der Waals surface area contributed by atoms with Crippen LogP contribution in [0.5, 0.6) is 0 Å². The molecule has 1 amide bonds. The summed E-state index contributed by atoms with van der Waals surface area (Å²) in [6, 6.07) is 6.87. The zero-order valence-corrected chi connectivity index (χ0v) is 15.2. The molecule has 1 aliphatic heterocycles. The number of hydrogen-bond acceptors (Lipinski definition) is 5. The van der Waals surface area contributed by atoms with Gasteiger partial charge in [-0.05, 0) is 31.0 Å². The van der Waals surface area contributed by atoms with Gasteiger partial charge < -0.3 is 20.2 Å². The summed E-state index contributed by atoms with van der Waals surface area (Å²) in [6.45, 7) is 0.444. The van der Waals surface area contributed by atoms with Gasteiger partial charge in [-0.3, -0.25) is 4.79 Å². The molecule has 144 valence electrons. The third-order valence-electron chi connectivity index (χ3n) is 5.22. The Hall–Kier alpha value is -3.15. The second-order valence-electron chi connectivity index (χ2n) is 7.12. The lowest BCUT2D eigenvalue weighted by Gasteiger charge is -2.13. The highest BCUT2D eigenvalue weighted by molar-refractivity contribution is 5.90. The minimum absolute atomic E-state index is 0.0584. The summed E-state index contributed by atoms with van der Waals surface area (Å²) >= 11 is 0. The van der Waals surface area contributed by atoms with Crippen molar-refractivity contribution in [3.8, 4) is 17.5 Å². The number of carboxylic acids is 1. The third-order valence-corrected chi connectivity index (χ3v) is 5.22. The van der Waals surface area contributed by atoms with Gasteiger partial charge in [-0.15, -0.1) is 0 Å². The van der Waals surface area contributed by atoms with Crippen molar-refractivity contribution in [1.82, 2.24) is 14.7 Å². The summed E-state index contributed by atoms with van der Waals surface area (Å²) in [5.74, 6) is 3.93. The van der Waals surface area contributed by atoms with Gasteiger partial charge >= 0.3 is 5.97 Å². The van der Waals surface area contributed by atoms with Crippen molar-refractivity contribution >= 4 is 11.9 Å². The van der Waals surface area contributed by atoms with E-state index in [9.17, 15) is 24.9 Å². The van der Waals surface area contributed by atoms with Gasteiger partial charge in [0.05, 0.1) is 17.5 Å². The highest BCUT2D eigenvalue weighted by Gasteiger charge is 2.42. The van der Waals surface area contributed by atoms with Crippen LogP contribution in [-0.4, -0.2) is 61.1 Å². The summed E-state index contributed by atoms with van der Waals surface area (Å²) in [5, 5.41) is 34.2. The van der Waals surface area contributed by atoms with Crippen LogP contribution in [-0.2, 0) is 11.2 Å². The molecule has 0 bridgehead atoms. The molecule has 1 aliphatic carbocycles. The number of aromatic carboxylic acids is 1. The van der Waals surface area contributed by atoms with Crippen molar-refractivity contribution in [2.24, 2.45) is 0 Å². The first-order valence-corrected chi connectivity index (χ1v) is 8.95. The average Bonchev–Trinajstić information content (AvgIpc) is 3.31. The van der Waals surface area contributed by atoms with Crippen molar-refractivity contribution in [3.05, 3.63) is 46.8 Å². The lowest BCUT2D eigenvalue weighted by atomic mass is 10.0. The number of fused-ring (bicyclic) bond motifs is 1. The van der Waals surface area contributed by atoms with Crippen LogP contribution in [0, 0.1) is 11.8 Å². The minimum Gasteiger partial charge on any atom is -0.476 e. The number of aromatic nitrogens is 2.